The third kappa shape index (κ3) is 2.64. The lowest BCUT2D eigenvalue weighted by Gasteiger charge is -2.14. The van der Waals surface area contributed by atoms with Crippen molar-refractivity contribution in [3.8, 4) is 0 Å². The molecular formula is C13H12Br2N2. The van der Waals surface area contributed by atoms with Gasteiger partial charge >= 0.3 is 0 Å². The number of nitrogen functional groups attached to an aromatic ring is 1. The number of nitrogens with two attached hydrogens (primary N) is 1. The van der Waals surface area contributed by atoms with Crippen LogP contribution in [0.2, 0.25) is 0 Å². The van der Waals surface area contributed by atoms with Gasteiger partial charge in [0.2, 0.25) is 0 Å². The number of rotatable bonds is 2. The average molecular weight is 356 g/mol. The molecule has 4 heteroatoms. The molecule has 0 bridgehead atoms. The second-order valence-electron chi connectivity index (χ2n) is 3.74. The highest BCUT2D eigenvalue weighted by Gasteiger charge is 2.07. The van der Waals surface area contributed by atoms with Crippen molar-refractivity contribution < 1.29 is 0 Å². The van der Waals surface area contributed by atoms with E-state index >= 15 is 0 Å². The summed E-state index contributed by atoms with van der Waals surface area (Å²) < 4.78 is 2.02. The Kier molecular flexibility index (Phi) is 3.74. The highest BCUT2D eigenvalue weighted by Crippen LogP contribution is 2.34. The highest BCUT2D eigenvalue weighted by molar-refractivity contribution is 9.11. The van der Waals surface area contributed by atoms with Gasteiger partial charge in [0.15, 0.2) is 0 Å². The van der Waals surface area contributed by atoms with Gasteiger partial charge in [-0.3, -0.25) is 0 Å². The van der Waals surface area contributed by atoms with Crippen LogP contribution in [0.5, 0.6) is 0 Å². The molecule has 2 nitrogen and oxygen atoms in total. The number of hydrogen-bond donors (Lipinski definition) is 2. The Morgan fingerprint density at radius 3 is 2.24 bits per heavy atom. The van der Waals surface area contributed by atoms with Crippen LogP contribution in [0.1, 0.15) is 5.56 Å². The smallest absolute Gasteiger partial charge is 0.0673 e. The summed E-state index contributed by atoms with van der Waals surface area (Å²) in [5, 5.41) is 3.38. The van der Waals surface area contributed by atoms with Gasteiger partial charge in [-0.2, -0.15) is 0 Å². The minimum Gasteiger partial charge on any atom is -0.398 e. The Bertz CT molecular complexity index is 533. The molecule has 0 atom stereocenters. The summed E-state index contributed by atoms with van der Waals surface area (Å²) in [5.41, 5.74) is 9.74. The molecule has 3 N–H and O–H groups in total. The largest absolute Gasteiger partial charge is 0.398 e. The Labute approximate surface area is 117 Å². The molecule has 2 aromatic rings. The van der Waals surface area contributed by atoms with Gasteiger partial charge in [-0.25, -0.2) is 0 Å². The fourth-order valence-corrected chi connectivity index (χ4v) is 2.74. The van der Waals surface area contributed by atoms with Crippen LogP contribution < -0.4 is 11.1 Å². The number of hydrogen-bond acceptors (Lipinski definition) is 2. The Hall–Kier alpha value is -1.000. The molecule has 88 valence electrons. The van der Waals surface area contributed by atoms with E-state index in [9.17, 15) is 0 Å². The van der Waals surface area contributed by atoms with Crippen LogP contribution in [-0.4, -0.2) is 0 Å². The van der Waals surface area contributed by atoms with E-state index in [1.54, 1.807) is 0 Å². The minimum atomic E-state index is 0.790. The summed E-state index contributed by atoms with van der Waals surface area (Å²) in [6.45, 7) is 2.00. The number of halogens is 2. The van der Waals surface area contributed by atoms with Crippen LogP contribution in [0.3, 0.4) is 0 Å². The van der Waals surface area contributed by atoms with Gasteiger partial charge in [-0.15, -0.1) is 0 Å². The zero-order valence-electron chi connectivity index (χ0n) is 9.30. The standard InChI is InChI=1S/C13H12Br2N2/c1-8-11(16)6-3-7-12(8)17-13-9(14)4-2-5-10(13)15/h2-7,17H,16H2,1H3. The number of nitrogens with one attached hydrogen (secondary N) is 1. The summed E-state index contributed by atoms with van der Waals surface area (Å²) in [4.78, 5) is 0. The minimum absolute atomic E-state index is 0.790. The summed E-state index contributed by atoms with van der Waals surface area (Å²) in [7, 11) is 0. The number of para-hydroxylation sites is 1. The molecule has 0 aliphatic heterocycles. The van der Waals surface area contributed by atoms with Crippen molar-refractivity contribution >= 4 is 48.9 Å². The quantitative estimate of drug-likeness (QED) is 0.756. The normalized spacial score (nSPS) is 10.3. The zero-order valence-corrected chi connectivity index (χ0v) is 12.5. The second kappa shape index (κ2) is 5.10. The molecule has 0 saturated carbocycles. The first-order valence-electron chi connectivity index (χ1n) is 5.15. The van der Waals surface area contributed by atoms with Crippen LogP contribution in [0.15, 0.2) is 45.3 Å². The molecule has 0 aliphatic rings. The van der Waals surface area contributed by atoms with E-state index < -0.39 is 0 Å². The van der Waals surface area contributed by atoms with Crippen molar-refractivity contribution in [3.05, 3.63) is 50.9 Å². The zero-order chi connectivity index (χ0) is 12.4. The van der Waals surface area contributed by atoms with Crippen LogP contribution in [-0.2, 0) is 0 Å². The van der Waals surface area contributed by atoms with Crippen LogP contribution in [0.4, 0.5) is 17.1 Å². The van der Waals surface area contributed by atoms with Gasteiger partial charge in [-0.1, -0.05) is 12.1 Å². The van der Waals surface area contributed by atoms with E-state index in [-0.39, 0.29) is 0 Å². The predicted octanol–water partition coefficient (Wildman–Crippen LogP) is 4.85. The van der Waals surface area contributed by atoms with Gasteiger partial charge in [0.1, 0.15) is 0 Å². The van der Waals surface area contributed by atoms with Crippen molar-refractivity contribution in [1.82, 2.24) is 0 Å². The van der Waals surface area contributed by atoms with E-state index in [1.165, 1.54) is 0 Å². The van der Waals surface area contributed by atoms with Crippen molar-refractivity contribution in [3.63, 3.8) is 0 Å². The molecule has 0 radical (unpaired) electrons. The van der Waals surface area contributed by atoms with Crippen molar-refractivity contribution in [2.45, 2.75) is 6.92 Å². The first kappa shape index (κ1) is 12.5. The predicted molar refractivity (Wildman–Crippen MR) is 80.7 cm³/mol. The van der Waals surface area contributed by atoms with Crippen LogP contribution in [0.25, 0.3) is 0 Å². The molecular weight excluding hydrogens is 344 g/mol. The Morgan fingerprint density at radius 2 is 1.59 bits per heavy atom. The summed E-state index contributed by atoms with van der Waals surface area (Å²) in [5.74, 6) is 0. The lowest BCUT2D eigenvalue weighted by atomic mass is 10.1. The molecule has 2 rings (SSSR count). The van der Waals surface area contributed by atoms with Gasteiger partial charge < -0.3 is 11.1 Å². The molecule has 2 aromatic carbocycles. The second-order valence-corrected chi connectivity index (χ2v) is 5.45. The molecule has 17 heavy (non-hydrogen) atoms. The first-order valence-corrected chi connectivity index (χ1v) is 6.74. The Balaban J connectivity index is 2.42. The molecule has 0 aliphatic carbocycles. The summed E-state index contributed by atoms with van der Waals surface area (Å²) in [6, 6.07) is 11.8. The van der Waals surface area contributed by atoms with Crippen LogP contribution >= 0.6 is 31.9 Å². The van der Waals surface area contributed by atoms with E-state index in [4.69, 9.17) is 5.73 Å². The average Bonchev–Trinajstić information content (AvgIpc) is 2.29. The summed E-state index contributed by atoms with van der Waals surface area (Å²) in [6.07, 6.45) is 0. The van der Waals surface area contributed by atoms with Crippen molar-refractivity contribution in [2.75, 3.05) is 11.1 Å². The molecule has 0 heterocycles. The van der Waals surface area contributed by atoms with Crippen LogP contribution in [0, 0.1) is 6.92 Å². The number of anilines is 3. The van der Waals surface area contributed by atoms with Crippen molar-refractivity contribution in [1.29, 1.82) is 0 Å². The lowest BCUT2D eigenvalue weighted by Crippen LogP contribution is -1.98. The fraction of sp³-hybridized carbons (Fsp3) is 0.0769. The lowest BCUT2D eigenvalue weighted by molar-refractivity contribution is 1.42. The van der Waals surface area contributed by atoms with E-state index in [0.29, 0.717) is 0 Å². The SMILES string of the molecule is Cc1c(N)cccc1Nc1c(Br)cccc1Br. The molecule has 0 fully saturated rings. The summed E-state index contributed by atoms with van der Waals surface area (Å²) >= 11 is 7.05. The molecule has 0 unspecified atom stereocenters. The van der Waals surface area contributed by atoms with Gasteiger partial charge in [0.05, 0.1) is 5.69 Å². The van der Waals surface area contributed by atoms with E-state index in [0.717, 1.165) is 31.6 Å². The third-order valence-corrected chi connectivity index (χ3v) is 3.92. The van der Waals surface area contributed by atoms with E-state index in [2.05, 4.69) is 37.2 Å². The van der Waals surface area contributed by atoms with Gasteiger partial charge in [0, 0.05) is 20.3 Å². The third-order valence-electron chi connectivity index (χ3n) is 2.60. The molecule has 0 aromatic heterocycles. The highest BCUT2D eigenvalue weighted by atomic mass is 79.9. The van der Waals surface area contributed by atoms with Crippen molar-refractivity contribution in [2.24, 2.45) is 0 Å². The topological polar surface area (TPSA) is 38.0 Å². The first-order chi connectivity index (χ1) is 8.09. The maximum absolute atomic E-state index is 5.89. The number of benzene rings is 2. The molecule has 0 saturated heterocycles. The molecule has 0 spiro atoms. The van der Waals surface area contributed by atoms with E-state index in [1.807, 2.05) is 43.3 Å². The maximum Gasteiger partial charge on any atom is 0.0673 e. The maximum atomic E-state index is 5.89. The fourth-order valence-electron chi connectivity index (χ4n) is 1.54. The monoisotopic (exact) mass is 354 g/mol. The Morgan fingerprint density at radius 1 is 1.00 bits per heavy atom. The van der Waals surface area contributed by atoms with Gasteiger partial charge in [0.25, 0.3) is 0 Å². The van der Waals surface area contributed by atoms with Gasteiger partial charge in [-0.05, 0) is 68.6 Å². The molecule has 0 amide bonds.